The number of nitrogens with one attached hydrogen (secondary N) is 1. The lowest BCUT2D eigenvalue weighted by Crippen LogP contribution is -2.08. The molecular weight excluding hydrogens is 178 g/mol. The summed E-state index contributed by atoms with van der Waals surface area (Å²) in [4.78, 5) is 0. The number of benzene rings is 1. The van der Waals surface area contributed by atoms with Crippen LogP contribution < -0.4 is 10.2 Å². The molecule has 1 aromatic carbocycles. The van der Waals surface area contributed by atoms with E-state index in [9.17, 15) is 0 Å². The fraction of sp³-hybridized carbons (Fsp3) is 0.273. The number of ether oxygens (including phenoxy) is 1. The molecule has 1 rings (SSSR count). The molecule has 0 saturated carbocycles. The van der Waals surface area contributed by atoms with Gasteiger partial charge < -0.3 is 9.94 Å². The van der Waals surface area contributed by atoms with E-state index < -0.39 is 0 Å². The molecule has 3 heteroatoms. The van der Waals surface area contributed by atoms with Crippen molar-refractivity contribution in [2.45, 2.75) is 13.5 Å². The minimum atomic E-state index is 0.381. The number of hydrogen-bond donors (Lipinski definition) is 2. The third kappa shape index (κ3) is 3.20. The molecule has 0 fully saturated rings. The molecule has 0 bridgehead atoms. The van der Waals surface area contributed by atoms with Gasteiger partial charge >= 0.3 is 0 Å². The minimum absolute atomic E-state index is 0.381. The Morgan fingerprint density at radius 3 is 2.86 bits per heavy atom. The molecule has 0 aromatic heterocycles. The zero-order valence-corrected chi connectivity index (χ0v) is 8.29. The molecule has 14 heavy (non-hydrogen) atoms. The first-order valence-electron chi connectivity index (χ1n) is 4.46. The van der Waals surface area contributed by atoms with Crippen molar-refractivity contribution in [2.75, 3.05) is 6.61 Å². The second-order valence-corrected chi connectivity index (χ2v) is 3.19. The number of rotatable bonds is 5. The lowest BCUT2D eigenvalue weighted by atomic mass is 10.2. The molecule has 0 aliphatic rings. The highest BCUT2D eigenvalue weighted by molar-refractivity contribution is 5.33. The normalized spacial score (nSPS) is 9.86. The maximum atomic E-state index is 8.60. The van der Waals surface area contributed by atoms with Crippen molar-refractivity contribution in [3.05, 3.63) is 42.0 Å². The monoisotopic (exact) mass is 193 g/mol. The zero-order chi connectivity index (χ0) is 10.4. The number of hydroxylamine groups is 1. The largest absolute Gasteiger partial charge is 0.489 e. The summed E-state index contributed by atoms with van der Waals surface area (Å²) in [6.45, 7) is 6.55. The Morgan fingerprint density at radius 2 is 2.21 bits per heavy atom. The highest BCUT2D eigenvalue weighted by atomic mass is 16.5. The van der Waals surface area contributed by atoms with E-state index in [1.165, 1.54) is 0 Å². The molecule has 76 valence electrons. The van der Waals surface area contributed by atoms with Crippen molar-refractivity contribution in [1.29, 1.82) is 0 Å². The van der Waals surface area contributed by atoms with Crippen LogP contribution >= 0.6 is 0 Å². The Balaban J connectivity index is 2.68. The molecule has 1 aromatic rings. The van der Waals surface area contributed by atoms with Crippen molar-refractivity contribution in [3.63, 3.8) is 0 Å². The maximum absolute atomic E-state index is 8.60. The van der Waals surface area contributed by atoms with Gasteiger partial charge in [0.15, 0.2) is 0 Å². The van der Waals surface area contributed by atoms with Gasteiger partial charge in [0.2, 0.25) is 0 Å². The second kappa shape index (κ2) is 5.42. The van der Waals surface area contributed by atoms with Gasteiger partial charge in [-0.25, -0.2) is 5.48 Å². The van der Waals surface area contributed by atoms with Crippen LogP contribution in [-0.2, 0) is 6.54 Å². The zero-order valence-electron chi connectivity index (χ0n) is 8.29. The van der Waals surface area contributed by atoms with E-state index in [0.717, 1.165) is 16.9 Å². The van der Waals surface area contributed by atoms with E-state index in [2.05, 4.69) is 12.1 Å². The first-order chi connectivity index (χ1) is 6.74. The summed E-state index contributed by atoms with van der Waals surface area (Å²) in [5.41, 5.74) is 4.01. The molecule has 0 amide bonds. The molecule has 0 saturated heterocycles. The van der Waals surface area contributed by atoms with Gasteiger partial charge in [0.1, 0.15) is 12.4 Å². The van der Waals surface area contributed by atoms with Gasteiger partial charge in [-0.05, 0) is 18.6 Å². The van der Waals surface area contributed by atoms with Crippen molar-refractivity contribution in [3.8, 4) is 5.75 Å². The van der Waals surface area contributed by atoms with E-state index in [1.54, 1.807) is 0 Å². The van der Waals surface area contributed by atoms with Gasteiger partial charge in [0, 0.05) is 12.1 Å². The fourth-order valence-electron chi connectivity index (χ4n) is 1.08. The molecule has 0 aliphatic carbocycles. The van der Waals surface area contributed by atoms with Gasteiger partial charge in [0.05, 0.1) is 0 Å². The quantitative estimate of drug-likeness (QED) is 0.556. The number of hydrogen-bond acceptors (Lipinski definition) is 3. The topological polar surface area (TPSA) is 41.5 Å². The van der Waals surface area contributed by atoms with E-state index in [-0.39, 0.29) is 0 Å². The summed E-state index contributed by atoms with van der Waals surface area (Å²) in [6.07, 6.45) is 0. The van der Waals surface area contributed by atoms with Crippen LogP contribution in [0, 0.1) is 0 Å². The van der Waals surface area contributed by atoms with Crippen LogP contribution in [0.5, 0.6) is 5.75 Å². The summed E-state index contributed by atoms with van der Waals surface area (Å²) in [7, 11) is 0. The van der Waals surface area contributed by atoms with Gasteiger partial charge in [0.25, 0.3) is 0 Å². The van der Waals surface area contributed by atoms with Crippen LogP contribution in [0.15, 0.2) is 36.4 Å². The van der Waals surface area contributed by atoms with E-state index in [0.29, 0.717) is 13.2 Å². The predicted octanol–water partition coefficient (Wildman–Crippen LogP) is 2.12. The van der Waals surface area contributed by atoms with Crippen LogP contribution in [-0.4, -0.2) is 11.8 Å². The fourth-order valence-corrected chi connectivity index (χ4v) is 1.08. The van der Waals surface area contributed by atoms with Gasteiger partial charge in [-0.2, -0.15) is 0 Å². The first kappa shape index (κ1) is 10.8. The van der Waals surface area contributed by atoms with Gasteiger partial charge in [-0.1, -0.05) is 24.8 Å². The smallest absolute Gasteiger partial charge is 0.124 e. The second-order valence-electron chi connectivity index (χ2n) is 3.19. The van der Waals surface area contributed by atoms with E-state index in [4.69, 9.17) is 9.94 Å². The van der Waals surface area contributed by atoms with E-state index in [1.807, 2.05) is 31.2 Å². The Labute approximate surface area is 84.0 Å². The van der Waals surface area contributed by atoms with Crippen molar-refractivity contribution >= 4 is 0 Å². The van der Waals surface area contributed by atoms with Crippen LogP contribution in [0.4, 0.5) is 0 Å². The molecule has 2 N–H and O–H groups in total. The molecule has 0 spiro atoms. The molecule has 0 aliphatic heterocycles. The SMILES string of the molecule is C=C(C)COc1ccccc1CNO. The Kier molecular flexibility index (Phi) is 4.16. The standard InChI is InChI=1S/C11H15NO2/c1-9(2)8-14-11-6-4-3-5-10(11)7-12-13/h3-6,12-13H,1,7-8H2,2H3. The maximum Gasteiger partial charge on any atom is 0.124 e. The predicted molar refractivity (Wildman–Crippen MR) is 55.4 cm³/mol. The average Bonchev–Trinajstić information content (AvgIpc) is 2.17. The van der Waals surface area contributed by atoms with E-state index >= 15 is 0 Å². The molecular formula is C11H15NO2. The number of para-hydroxylation sites is 1. The Morgan fingerprint density at radius 1 is 1.50 bits per heavy atom. The van der Waals surface area contributed by atoms with Gasteiger partial charge in [-0.15, -0.1) is 0 Å². The van der Waals surface area contributed by atoms with Crippen LogP contribution in [0.1, 0.15) is 12.5 Å². The molecule has 3 nitrogen and oxygen atoms in total. The van der Waals surface area contributed by atoms with Crippen LogP contribution in [0.2, 0.25) is 0 Å². The molecule has 0 atom stereocenters. The Bertz CT molecular complexity index is 310. The molecule has 0 unspecified atom stereocenters. The highest BCUT2D eigenvalue weighted by Crippen LogP contribution is 2.17. The lowest BCUT2D eigenvalue weighted by molar-refractivity contribution is 0.160. The lowest BCUT2D eigenvalue weighted by Gasteiger charge is -2.10. The Hall–Kier alpha value is -1.32. The van der Waals surface area contributed by atoms with Crippen molar-refractivity contribution in [2.24, 2.45) is 0 Å². The van der Waals surface area contributed by atoms with Crippen molar-refractivity contribution in [1.82, 2.24) is 5.48 Å². The summed E-state index contributed by atoms with van der Waals surface area (Å²) in [5.74, 6) is 0.775. The third-order valence-electron chi connectivity index (χ3n) is 1.72. The average molecular weight is 193 g/mol. The molecule has 0 radical (unpaired) electrons. The molecule has 0 heterocycles. The summed E-state index contributed by atoms with van der Waals surface area (Å²) < 4.78 is 5.50. The van der Waals surface area contributed by atoms with Gasteiger partial charge in [-0.3, -0.25) is 0 Å². The van der Waals surface area contributed by atoms with Crippen LogP contribution in [0.3, 0.4) is 0 Å². The first-order valence-corrected chi connectivity index (χ1v) is 4.46. The summed E-state index contributed by atoms with van der Waals surface area (Å²) in [5, 5.41) is 8.60. The van der Waals surface area contributed by atoms with Crippen molar-refractivity contribution < 1.29 is 9.94 Å². The summed E-state index contributed by atoms with van der Waals surface area (Å²) >= 11 is 0. The minimum Gasteiger partial charge on any atom is -0.489 e. The highest BCUT2D eigenvalue weighted by Gasteiger charge is 2.01. The summed E-state index contributed by atoms with van der Waals surface area (Å²) in [6, 6.07) is 7.57. The third-order valence-corrected chi connectivity index (χ3v) is 1.72. The van der Waals surface area contributed by atoms with Crippen LogP contribution in [0.25, 0.3) is 0 Å².